The summed E-state index contributed by atoms with van der Waals surface area (Å²) in [6, 6.07) is 13.7. The minimum atomic E-state index is -0.115. The average molecular weight is 391 g/mol. The number of para-hydroxylation sites is 1. The van der Waals surface area contributed by atoms with Gasteiger partial charge in [0.2, 0.25) is 12.7 Å². The molecule has 0 aliphatic carbocycles. The first kappa shape index (κ1) is 16.8. The second kappa shape index (κ2) is 6.69. The fraction of sp³-hybridized carbons (Fsp3) is 0.143. The number of carbonyl (C=O) groups is 1. The first-order valence-electron chi connectivity index (χ1n) is 8.89. The first-order valence-corrected chi connectivity index (χ1v) is 9.77. The van der Waals surface area contributed by atoms with Gasteiger partial charge in [-0.15, -0.1) is 11.3 Å². The van der Waals surface area contributed by atoms with Crippen molar-refractivity contribution in [1.82, 2.24) is 9.97 Å². The number of benzene rings is 2. The fourth-order valence-electron chi connectivity index (χ4n) is 3.45. The van der Waals surface area contributed by atoms with Gasteiger partial charge in [0, 0.05) is 27.5 Å². The van der Waals surface area contributed by atoms with E-state index in [0.717, 1.165) is 33.4 Å². The van der Waals surface area contributed by atoms with Crippen molar-refractivity contribution in [3.8, 4) is 22.8 Å². The highest BCUT2D eigenvalue weighted by Gasteiger charge is 2.16. The molecule has 2 aromatic carbocycles. The van der Waals surface area contributed by atoms with Crippen LogP contribution in [0.5, 0.6) is 11.5 Å². The van der Waals surface area contributed by atoms with Crippen molar-refractivity contribution in [3.05, 3.63) is 59.1 Å². The van der Waals surface area contributed by atoms with Crippen LogP contribution in [0.2, 0.25) is 0 Å². The SMILES string of the molecule is Cc1[nH]c2ccccc2c1-c1csc(NC(=O)Cc2ccc3c(c2)OCO3)n1. The maximum Gasteiger partial charge on any atom is 0.231 e. The van der Waals surface area contributed by atoms with E-state index in [1.165, 1.54) is 11.3 Å². The number of hydrogen-bond donors (Lipinski definition) is 2. The van der Waals surface area contributed by atoms with E-state index in [9.17, 15) is 4.79 Å². The van der Waals surface area contributed by atoms with E-state index in [4.69, 9.17) is 9.47 Å². The molecule has 0 radical (unpaired) electrons. The number of hydrogen-bond acceptors (Lipinski definition) is 5. The van der Waals surface area contributed by atoms with Gasteiger partial charge in [-0.25, -0.2) is 4.98 Å². The van der Waals surface area contributed by atoms with Crippen LogP contribution in [0.25, 0.3) is 22.2 Å². The molecule has 7 heteroatoms. The highest BCUT2D eigenvalue weighted by molar-refractivity contribution is 7.14. The highest BCUT2D eigenvalue weighted by atomic mass is 32.1. The van der Waals surface area contributed by atoms with Gasteiger partial charge in [0.25, 0.3) is 0 Å². The smallest absolute Gasteiger partial charge is 0.231 e. The summed E-state index contributed by atoms with van der Waals surface area (Å²) in [6.07, 6.45) is 0.248. The summed E-state index contributed by atoms with van der Waals surface area (Å²) in [5.74, 6) is 1.27. The summed E-state index contributed by atoms with van der Waals surface area (Å²) in [4.78, 5) is 20.4. The average Bonchev–Trinajstić information content (AvgIpc) is 3.38. The summed E-state index contributed by atoms with van der Waals surface area (Å²) in [6.45, 7) is 2.26. The molecule has 1 aliphatic heterocycles. The van der Waals surface area contributed by atoms with Crippen LogP contribution in [0.4, 0.5) is 5.13 Å². The largest absolute Gasteiger partial charge is 0.454 e. The fourth-order valence-corrected chi connectivity index (χ4v) is 4.17. The number of ether oxygens (including phenoxy) is 2. The number of nitrogens with zero attached hydrogens (tertiary/aromatic N) is 1. The van der Waals surface area contributed by atoms with Crippen LogP contribution < -0.4 is 14.8 Å². The number of fused-ring (bicyclic) bond motifs is 2. The summed E-state index contributed by atoms with van der Waals surface area (Å²) < 4.78 is 10.7. The van der Waals surface area contributed by atoms with Crippen LogP contribution in [0.1, 0.15) is 11.3 Å². The lowest BCUT2D eigenvalue weighted by atomic mass is 10.1. The Hall–Kier alpha value is -3.32. The van der Waals surface area contributed by atoms with Crippen LogP contribution in [-0.2, 0) is 11.2 Å². The molecule has 2 aromatic heterocycles. The molecule has 1 aliphatic rings. The Bertz CT molecular complexity index is 1190. The highest BCUT2D eigenvalue weighted by Crippen LogP contribution is 2.34. The van der Waals surface area contributed by atoms with Crippen molar-refractivity contribution >= 4 is 33.3 Å². The minimum absolute atomic E-state index is 0.115. The molecule has 28 heavy (non-hydrogen) atoms. The summed E-state index contributed by atoms with van der Waals surface area (Å²) in [5.41, 5.74) is 4.94. The third kappa shape index (κ3) is 2.99. The Morgan fingerprint density at radius 1 is 1.21 bits per heavy atom. The van der Waals surface area contributed by atoms with Gasteiger partial charge >= 0.3 is 0 Å². The predicted molar refractivity (Wildman–Crippen MR) is 109 cm³/mol. The van der Waals surface area contributed by atoms with Gasteiger partial charge in [0.05, 0.1) is 12.1 Å². The van der Waals surface area contributed by atoms with Crippen molar-refractivity contribution in [2.24, 2.45) is 0 Å². The zero-order chi connectivity index (χ0) is 19.1. The summed E-state index contributed by atoms with van der Waals surface area (Å²) in [5, 5.41) is 6.58. The Balaban J connectivity index is 1.33. The lowest BCUT2D eigenvalue weighted by Crippen LogP contribution is -2.14. The predicted octanol–water partition coefficient (Wildman–Crippen LogP) is 4.51. The zero-order valence-electron chi connectivity index (χ0n) is 15.1. The molecule has 0 fully saturated rings. The van der Waals surface area contributed by atoms with E-state index in [1.807, 2.05) is 48.7 Å². The van der Waals surface area contributed by atoms with Crippen molar-refractivity contribution in [3.63, 3.8) is 0 Å². The van der Waals surface area contributed by atoms with Crippen LogP contribution in [0.3, 0.4) is 0 Å². The monoisotopic (exact) mass is 391 g/mol. The molecule has 5 rings (SSSR count). The zero-order valence-corrected chi connectivity index (χ0v) is 15.9. The number of nitrogens with one attached hydrogen (secondary N) is 2. The van der Waals surface area contributed by atoms with Crippen molar-refractivity contribution in [1.29, 1.82) is 0 Å². The normalized spacial score (nSPS) is 12.5. The molecule has 140 valence electrons. The third-order valence-electron chi connectivity index (χ3n) is 4.70. The van der Waals surface area contributed by atoms with Gasteiger partial charge in [-0.2, -0.15) is 0 Å². The van der Waals surface area contributed by atoms with Crippen LogP contribution in [0, 0.1) is 6.92 Å². The molecule has 4 aromatic rings. The van der Waals surface area contributed by atoms with Crippen molar-refractivity contribution in [2.45, 2.75) is 13.3 Å². The van der Waals surface area contributed by atoms with E-state index < -0.39 is 0 Å². The molecule has 0 spiro atoms. The van der Waals surface area contributed by atoms with Gasteiger partial charge in [0.15, 0.2) is 16.6 Å². The lowest BCUT2D eigenvalue weighted by molar-refractivity contribution is -0.115. The quantitative estimate of drug-likeness (QED) is 0.537. The Morgan fingerprint density at radius 3 is 3.00 bits per heavy atom. The van der Waals surface area contributed by atoms with E-state index in [0.29, 0.717) is 16.6 Å². The Kier molecular flexibility index (Phi) is 4.02. The summed E-state index contributed by atoms with van der Waals surface area (Å²) >= 11 is 1.42. The number of aromatic nitrogens is 2. The van der Waals surface area contributed by atoms with Crippen LogP contribution in [0.15, 0.2) is 47.8 Å². The second-order valence-corrected chi connectivity index (χ2v) is 7.48. The van der Waals surface area contributed by atoms with Gasteiger partial charge in [-0.05, 0) is 30.7 Å². The molecule has 0 atom stereocenters. The van der Waals surface area contributed by atoms with Crippen molar-refractivity contribution < 1.29 is 14.3 Å². The molecule has 0 bridgehead atoms. The van der Waals surface area contributed by atoms with E-state index in [-0.39, 0.29) is 19.1 Å². The number of aryl methyl sites for hydroxylation is 1. The van der Waals surface area contributed by atoms with Crippen LogP contribution in [-0.4, -0.2) is 22.7 Å². The number of carbonyl (C=O) groups excluding carboxylic acids is 1. The molecular weight excluding hydrogens is 374 g/mol. The lowest BCUT2D eigenvalue weighted by Gasteiger charge is -2.03. The maximum atomic E-state index is 12.4. The standard InChI is InChI=1S/C21H17N3O3S/c1-12-20(14-4-2-3-5-15(14)22-12)16-10-28-21(23-16)24-19(25)9-13-6-7-17-18(8-13)27-11-26-17/h2-8,10,22H,9,11H2,1H3,(H,23,24,25). The number of rotatable bonds is 4. The molecular formula is C21H17N3O3S. The molecule has 1 amide bonds. The van der Waals surface area contributed by atoms with Gasteiger partial charge in [0.1, 0.15) is 0 Å². The van der Waals surface area contributed by atoms with Crippen LogP contribution >= 0.6 is 11.3 Å². The van der Waals surface area contributed by atoms with Gasteiger partial charge in [-0.1, -0.05) is 24.3 Å². The number of anilines is 1. The molecule has 0 saturated carbocycles. The molecule has 0 unspecified atom stereocenters. The minimum Gasteiger partial charge on any atom is -0.454 e. The maximum absolute atomic E-state index is 12.4. The second-order valence-electron chi connectivity index (χ2n) is 6.62. The van der Waals surface area contributed by atoms with Gasteiger partial charge < -0.3 is 19.8 Å². The Labute approximate surface area is 165 Å². The third-order valence-corrected chi connectivity index (χ3v) is 5.46. The molecule has 6 nitrogen and oxygen atoms in total. The Morgan fingerprint density at radius 2 is 2.07 bits per heavy atom. The molecule has 3 heterocycles. The first-order chi connectivity index (χ1) is 13.7. The number of amides is 1. The van der Waals surface area contributed by atoms with Gasteiger partial charge in [-0.3, -0.25) is 4.79 Å². The van der Waals surface area contributed by atoms with E-state index in [2.05, 4.69) is 21.4 Å². The topological polar surface area (TPSA) is 76.2 Å². The molecule has 0 saturated heterocycles. The number of aromatic amines is 1. The van der Waals surface area contributed by atoms with E-state index >= 15 is 0 Å². The summed E-state index contributed by atoms with van der Waals surface area (Å²) in [7, 11) is 0. The number of thiazole rings is 1. The molecule has 2 N–H and O–H groups in total. The van der Waals surface area contributed by atoms with E-state index in [1.54, 1.807) is 0 Å². The van der Waals surface area contributed by atoms with Crippen molar-refractivity contribution in [2.75, 3.05) is 12.1 Å². The number of H-pyrrole nitrogens is 1.